The zero-order valence-electron chi connectivity index (χ0n) is 7.64. The van der Waals surface area contributed by atoms with E-state index in [2.05, 4.69) is 17.2 Å². The molecule has 2 heterocycles. The molecule has 0 spiro atoms. The average Bonchev–Trinajstić information content (AvgIpc) is 2.73. The molecule has 1 aliphatic rings. The molecule has 3 rings (SSSR count). The summed E-state index contributed by atoms with van der Waals surface area (Å²) in [6.07, 6.45) is 0.920. The second-order valence-corrected chi connectivity index (χ2v) is 3.50. The number of rotatable bonds is 1. The van der Waals surface area contributed by atoms with Crippen LogP contribution in [0.1, 0.15) is 17.0 Å². The number of hydrogen-bond acceptors (Lipinski definition) is 2. The maximum Gasteiger partial charge on any atom is 0.0886 e. The van der Waals surface area contributed by atoms with Crippen molar-refractivity contribution in [3.8, 4) is 5.69 Å². The fraction of sp³-hybridized carbons (Fsp3) is 0.182. The molecule has 0 fully saturated rings. The molecular formula is C11H10N2O. The predicted molar refractivity (Wildman–Crippen MR) is 52.3 cm³/mol. The highest BCUT2D eigenvalue weighted by Gasteiger charge is 2.19. The molecule has 70 valence electrons. The van der Waals surface area contributed by atoms with Crippen molar-refractivity contribution in [1.29, 1.82) is 0 Å². The lowest BCUT2D eigenvalue weighted by Crippen LogP contribution is -1.95. The van der Waals surface area contributed by atoms with Crippen molar-refractivity contribution in [3.05, 3.63) is 47.3 Å². The van der Waals surface area contributed by atoms with Crippen LogP contribution in [0, 0.1) is 0 Å². The van der Waals surface area contributed by atoms with Crippen molar-refractivity contribution in [2.75, 3.05) is 0 Å². The number of hydrogen-bond donors (Lipinski definition) is 1. The zero-order chi connectivity index (χ0) is 9.54. The SMILES string of the molecule is OCc1cc2n(n1)-c1ccccc1C2. The quantitative estimate of drug-likeness (QED) is 0.621. The summed E-state index contributed by atoms with van der Waals surface area (Å²) in [5.41, 5.74) is 4.35. The number of nitrogens with zero attached hydrogens (tertiary/aromatic N) is 2. The van der Waals surface area contributed by atoms with Crippen LogP contribution in [0.4, 0.5) is 0 Å². The summed E-state index contributed by atoms with van der Waals surface area (Å²) in [5.74, 6) is 0. The monoisotopic (exact) mass is 186 g/mol. The van der Waals surface area contributed by atoms with E-state index in [1.807, 2.05) is 22.9 Å². The molecule has 1 aromatic carbocycles. The van der Waals surface area contributed by atoms with E-state index in [-0.39, 0.29) is 6.61 Å². The van der Waals surface area contributed by atoms with Gasteiger partial charge < -0.3 is 5.11 Å². The zero-order valence-corrected chi connectivity index (χ0v) is 7.64. The molecule has 3 nitrogen and oxygen atoms in total. The Morgan fingerprint density at radius 2 is 2.21 bits per heavy atom. The molecule has 0 saturated carbocycles. The van der Waals surface area contributed by atoms with Gasteiger partial charge in [0.15, 0.2) is 0 Å². The first-order chi connectivity index (χ1) is 6.88. The normalized spacial score (nSPS) is 12.6. The van der Waals surface area contributed by atoms with Crippen molar-refractivity contribution in [2.45, 2.75) is 13.0 Å². The van der Waals surface area contributed by atoms with Crippen LogP contribution >= 0.6 is 0 Å². The Labute approximate surface area is 81.6 Å². The first kappa shape index (κ1) is 7.76. The fourth-order valence-corrected chi connectivity index (χ4v) is 1.95. The number of fused-ring (bicyclic) bond motifs is 3. The highest BCUT2D eigenvalue weighted by atomic mass is 16.3. The van der Waals surface area contributed by atoms with Gasteiger partial charge in [0.25, 0.3) is 0 Å². The molecule has 0 amide bonds. The summed E-state index contributed by atoms with van der Waals surface area (Å²) in [5, 5.41) is 13.3. The van der Waals surface area contributed by atoms with Crippen LogP contribution in [0.15, 0.2) is 30.3 Å². The second kappa shape index (κ2) is 2.69. The maximum absolute atomic E-state index is 8.97. The van der Waals surface area contributed by atoms with Crippen molar-refractivity contribution in [1.82, 2.24) is 9.78 Å². The van der Waals surface area contributed by atoms with E-state index in [0.29, 0.717) is 0 Å². The Kier molecular flexibility index (Phi) is 1.49. The summed E-state index contributed by atoms with van der Waals surface area (Å²) >= 11 is 0. The van der Waals surface area contributed by atoms with Gasteiger partial charge in [0.1, 0.15) is 0 Å². The largest absolute Gasteiger partial charge is 0.390 e. The Hall–Kier alpha value is -1.61. The minimum Gasteiger partial charge on any atom is -0.390 e. The molecule has 0 aliphatic carbocycles. The van der Waals surface area contributed by atoms with E-state index in [0.717, 1.165) is 23.5 Å². The van der Waals surface area contributed by atoms with Crippen LogP contribution in [0.3, 0.4) is 0 Å². The van der Waals surface area contributed by atoms with Crippen molar-refractivity contribution >= 4 is 0 Å². The van der Waals surface area contributed by atoms with Crippen LogP contribution in [0.2, 0.25) is 0 Å². The average molecular weight is 186 g/mol. The number of aromatic nitrogens is 2. The third-order valence-corrected chi connectivity index (χ3v) is 2.59. The molecule has 0 atom stereocenters. The van der Waals surface area contributed by atoms with Gasteiger partial charge in [-0.1, -0.05) is 18.2 Å². The standard InChI is InChI=1S/C11H10N2O/c14-7-9-6-10-5-8-3-1-2-4-11(8)13(10)12-9/h1-4,6,14H,5,7H2. The van der Waals surface area contributed by atoms with Crippen LogP contribution in [-0.2, 0) is 13.0 Å². The van der Waals surface area contributed by atoms with Gasteiger partial charge in [-0.3, -0.25) is 0 Å². The van der Waals surface area contributed by atoms with Gasteiger partial charge in [-0.2, -0.15) is 5.10 Å². The predicted octanol–water partition coefficient (Wildman–Crippen LogP) is 1.27. The second-order valence-electron chi connectivity index (χ2n) is 3.50. The minimum absolute atomic E-state index is 0.0160. The van der Waals surface area contributed by atoms with Crippen LogP contribution < -0.4 is 0 Å². The fourth-order valence-electron chi connectivity index (χ4n) is 1.95. The van der Waals surface area contributed by atoms with Gasteiger partial charge in [-0.05, 0) is 17.7 Å². The van der Waals surface area contributed by atoms with E-state index in [1.54, 1.807) is 0 Å². The van der Waals surface area contributed by atoms with Crippen LogP contribution in [0.5, 0.6) is 0 Å². The number of aliphatic hydroxyl groups excluding tert-OH is 1. The van der Waals surface area contributed by atoms with E-state index in [9.17, 15) is 0 Å². The number of aliphatic hydroxyl groups is 1. The Balaban J connectivity index is 2.20. The Morgan fingerprint density at radius 1 is 1.36 bits per heavy atom. The molecule has 0 unspecified atom stereocenters. The smallest absolute Gasteiger partial charge is 0.0886 e. The molecule has 3 heteroatoms. The van der Waals surface area contributed by atoms with Gasteiger partial charge in [-0.15, -0.1) is 0 Å². The molecule has 1 aromatic heterocycles. The summed E-state index contributed by atoms with van der Waals surface area (Å²) in [7, 11) is 0. The highest BCUT2D eigenvalue weighted by molar-refractivity contribution is 5.49. The van der Waals surface area contributed by atoms with Gasteiger partial charge in [-0.25, -0.2) is 4.68 Å². The molecule has 0 bridgehead atoms. The van der Waals surface area contributed by atoms with Gasteiger partial charge in [0, 0.05) is 12.1 Å². The van der Waals surface area contributed by atoms with Crippen molar-refractivity contribution < 1.29 is 5.11 Å². The van der Waals surface area contributed by atoms with Crippen molar-refractivity contribution in [3.63, 3.8) is 0 Å². The van der Waals surface area contributed by atoms with Gasteiger partial charge >= 0.3 is 0 Å². The molecule has 2 aromatic rings. The summed E-state index contributed by atoms with van der Waals surface area (Å²) in [6.45, 7) is 0.0160. The lowest BCUT2D eigenvalue weighted by molar-refractivity contribution is 0.276. The maximum atomic E-state index is 8.97. The first-order valence-electron chi connectivity index (χ1n) is 4.65. The number of benzene rings is 1. The Bertz CT molecular complexity index is 488. The first-order valence-corrected chi connectivity index (χ1v) is 4.65. The third kappa shape index (κ3) is 0.930. The molecule has 1 aliphatic heterocycles. The van der Waals surface area contributed by atoms with E-state index >= 15 is 0 Å². The van der Waals surface area contributed by atoms with Crippen LogP contribution in [0.25, 0.3) is 5.69 Å². The lowest BCUT2D eigenvalue weighted by atomic mass is 10.1. The van der Waals surface area contributed by atoms with Crippen molar-refractivity contribution in [2.24, 2.45) is 0 Å². The van der Waals surface area contributed by atoms with Gasteiger partial charge in [0.2, 0.25) is 0 Å². The van der Waals surface area contributed by atoms with Crippen LogP contribution in [-0.4, -0.2) is 14.9 Å². The summed E-state index contributed by atoms with van der Waals surface area (Å²) < 4.78 is 1.92. The van der Waals surface area contributed by atoms with E-state index in [4.69, 9.17) is 5.11 Å². The summed E-state index contributed by atoms with van der Waals surface area (Å²) in [4.78, 5) is 0. The molecular weight excluding hydrogens is 176 g/mol. The lowest BCUT2D eigenvalue weighted by Gasteiger charge is -1.98. The molecule has 0 radical (unpaired) electrons. The minimum atomic E-state index is 0.0160. The Morgan fingerprint density at radius 3 is 3.07 bits per heavy atom. The molecule has 1 N–H and O–H groups in total. The van der Waals surface area contributed by atoms with Gasteiger partial charge in [0.05, 0.1) is 18.0 Å². The highest BCUT2D eigenvalue weighted by Crippen LogP contribution is 2.27. The molecule has 0 saturated heterocycles. The summed E-state index contributed by atoms with van der Waals surface area (Å²) in [6, 6.07) is 10.2. The van der Waals surface area contributed by atoms with E-state index in [1.165, 1.54) is 5.56 Å². The van der Waals surface area contributed by atoms with E-state index < -0.39 is 0 Å². The topological polar surface area (TPSA) is 38.0 Å². The third-order valence-electron chi connectivity index (χ3n) is 2.59. The number of para-hydroxylation sites is 1. The molecule has 14 heavy (non-hydrogen) atoms.